The zero-order valence-electron chi connectivity index (χ0n) is 14.7. The summed E-state index contributed by atoms with van der Waals surface area (Å²) in [5, 5.41) is 8.94. The summed E-state index contributed by atoms with van der Waals surface area (Å²) in [6.07, 6.45) is 8.95. The van der Waals surface area contributed by atoms with Gasteiger partial charge in [-0.25, -0.2) is 0 Å². The minimum Gasteiger partial charge on any atom is -0.480 e. The van der Waals surface area contributed by atoms with Crippen molar-refractivity contribution in [3.63, 3.8) is 0 Å². The zero-order chi connectivity index (χ0) is 16.2. The molecule has 1 unspecified atom stereocenters. The molecule has 0 radical (unpaired) electrons. The molecule has 0 aromatic rings. The molecular formula is C18H34N2O2. The first-order valence-electron chi connectivity index (χ1n) is 9.00. The summed E-state index contributed by atoms with van der Waals surface area (Å²) in [5.41, 5.74) is 0.555. The summed E-state index contributed by atoms with van der Waals surface area (Å²) in [4.78, 5) is 15.5. The van der Waals surface area contributed by atoms with Crippen molar-refractivity contribution < 1.29 is 9.90 Å². The van der Waals surface area contributed by atoms with Crippen LogP contribution in [0.1, 0.15) is 58.8 Å². The number of carboxylic acid groups (broad SMARTS) is 1. The average molecular weight is 310 g/mol. The van der Waals surface area contributed by atoms with Crippen LogP contribution in [0.3, 0.4) is 0 Å². The van der Waals surface area contributed by atoms with Crippen molar-refractivity contribution in [1.82, 2.24) is 9.80 Å². The molecule has 1 saturated heterocycles. The molecule has 2 aliphatic rings. The Morgan fingerprint density at radius 3 is 2.50 bits per heavy atom. The molecule has 1 aliphatic carbocycles. The van der Waals surface area contributed by atoms with Crippen LogP contribution in [-0.2, 0) is 4.79 Å². The standard InChI is InChI=1S/C18H34N2O2/c1-18(2)9-6-15(7-10-18)13-20-11-4-5-16(8-12-20)19(3)14-17(21)22/h15-16H,4-14H2,1-3H3,(H,21,22). The lowest BCUT2D eigenvalue weighted by atomic mass is 9.73. The smallest absolute Gasteiger partial charge is 0.317 e. The first-order valence-corrected chi connectivity index (χ1v) is 9.00. The summed E-state index contributed by atoms with van der Waals surface area (Å²) >= 11 is 0. The van der Waals surface area contributed by atoms with Crippen LogP contribution >= 0.6 is 0 Å². The Bertz CT molecular complexity index is 360. The highest BCUT2D eigenvalue weighted by molar-refractivity contribution is 5.69. The molecule has 1 heterocycles. The van der Waals surface area contributed by atoms with Crippen LogP contribution in [0, 0.1) is 11.3 Å². The van der Waals surface area contributed by atoms with Gasteiger partial charge in [-0.3, -0.25) is 9.69 Å². The number of likely N-dealkylation sites (tertiary alicyclic amines) is 1. The molecule has 0 aromatic heterocycles. The van der Waals surface area contributed by atoms with Gasteiger partial charge in [-0.1, -0.05) is 13.8 Å². The van der Waals surface area contributed by atoms with Gasteiger partial charge in [0.05, 0.1) is 6.54 Å². The van der Waals surface area contributed by atoms with Crippen LogP contribution in [0.5, 0.6) is 0 Å². The van der Waals surface area contributed by atoms with E-state index in [4.69, 9.17) is 5.11 Å². The van der Waals surface area contributed by atoms with Crippen molar-refractivity contribution >= 4 is 5.97 Å². The average Bonchev–Trinajstić information content (AvgIpc) is 2.66. The lowest BCUT2D eigenvalue weighted by Crippen LogP contribution is -2.37. The molecule has 128 valence electrons. The number of nitrogens with zero attached hydrogens (tertiary/aromatic N) is 2. The molecule has 0 amide bonds. The topological polar surface area (TPSA) is 43.8 Å². The third-order valence-corrected chi connectivity index (χ3v) is 5.77. The second-order valence-electron chi connectivity index (χ2n) is 8.30. The normalized spacial score (nSPS) is 27.7. The fraction of sp³-hybridized carbons (Fsp3) is 0.944. The Balaban J connectivity index is 1.75. The van der Waals surface area contributed by atoms with Crippen LogP contribution in [0.25, 0.3) is 0 Å². The molecule has 1 saturated carbocycles. The summed E-state index contributed by atoms with van der Waals surface area (Å²) in [7, 11) is 1.96. The Hall–Kier alpha value is -0.610. The molecule has 1 aliphatic heterocycles. The molecule has 1 N–H and O–H groups in total. The molecule has 2 fully saturated rings. The van der Waals surface area contributed by atoms with Crippen molar-refractivity contribution in [2.24, 2.45) is 11.3 Å². The predicted molar refractivity (Wildman–Crippen MR) is 90.1 cm³/mol. The number of aliphatic carboxylic acids is 1. The number of carbonyl (C=O) groups is 1. The Morgan fingerprint density at radius 1 is 1.18 bits per heavy atom. The van der Waals surface area contributed by atoms with Crippen molar-refractivity contribution in [2.45, 2.75) is 64.8 Å². The van der Waals surface area contributed by atoms with E-state index in [9.17, 15) is 4.79 Å². The maximum atomic E-state index is 10.9. The van der Waals surface area contributed by atoms with Gasteiger partial charge in [0, 0.05) is 12.6 Å². The van der Waals surface area contributed by atoms with Crippen molar-refractivity contribution in [3.8, 4) is 0 Å². The van der Waals surface area contributed by atoms with Crippen LogP contribution in [0.15, 0.2) is 0 Å². The monoisotopic (exact) mass is 310 g/mol. The highest BCUT2D eigenvalue weighted by Crippen LogP contribution is 2.38. The van der Waals surface area contributed by atoms with Gasteiger partial charge in [0.1, 0.15) is 0 Å². The molecule has 1 atom stereocenters. The van der Waals surface area contributed by atoms with E-state index in [1.54, 1.807) is 0 Å². The lowest BCUT2D eigenvalue weighted by molar-refractivity contribution is -0.138. The highest BCUT2D eigenvalue weighted by atomic mass is 16.4. The minimum absolute atomic E-state index is 0.169. The van der Waals surface area contributed by atoms with Crippen LogP contribution in [-0.4, -0.2) is 60.1 Å². The number of carboxylic acids is 1. The second kappa shape index (κ2) is 7.78. The van der Waals surface area contributed by atoms with Gasteiger partial charge in [0.25, 0.3) is 0 Å². The maximum absolute atomic E-state index is 10.9. The molecule has 4 nitrogen and oxygen atoms in total. The Morgan fingerprint density at radius 2 is 1.86 bits per heavy atom. The molecule has 0 aromatic carbocycles. The van der Waals surface area contributed by atoms with Gasteiger partial charge >= 0.3 is 5.97 Å². The molecule has 4 heteroatoms. The van der Waals surface area contributed by atoms with Gasteiger partial charge in [-0.05, 0) is 76.4 Å². The molecule has 22 heavy (non-hydrogen) atoms. The summed E-state index contributed by atoms with van der Waals surface area (Å²) in [6.45, 7) is 8.55. The molecule has 0 bridgehead atoms. The zero-order valence-corrected chi connectivity index (χ0v) is 14.7. The van der Waals surface area contributed by atoms with E-state index in [2.05, 4.69) is 18.7 Å². The summed E-state index contributed by atoms with van der Waals surface area (Å²) in [6, 6.07) is 0.436. The Kier molecular flexibility index (Phi) is 6.27. The van der Waals surface area contributed by atoms with Crippen LogP contribution in [0.2, 0.25) is 0 Å². The third-order valence-electron chi connectivity index (χ3n) is 5.77. The van der Waals surface area contributed by atoms with Crippen LogP contribution in [0.4, 0.5) is 0 Å². The second-order valence-corrected chi connectivity index (χ2v) is 8.30. The maximum Gasteiger partial charge on any atom is 0.317 e. The summed E-state index contributed by atoms with van der Waals surface area (Å²) < 4.78 is 0. The minimum atomic E-state index is -0.714. The fourth-order valence-electron chi connectivity index (χ4n) is 4.11. The van der Waals surface area contributed by atoms with Crippen molar-refractivity contribution in [3.05, 3.63) is 0 Å². The van der Waals surface area contributed by atoms with E-state index in [0.717, 1.165) is 25.3 Å². The van der Waals surface area contributed by atoms with Crippen LogP contribution < -0.4 is 0 Å². The van der Waals surface area contributed by atoms with E-state index < -0.39 is 5.97 Å². The number of likely N-dealkylation sites (N-methyl/N-ethyl adjacent to an activating group) is 1. The molecular weight excluding hydrogens is 276 g/mol. The quantitative estimate of drug-likeness (QED) is 0.847. The van der Waals surface area contributed by atoms with Gasteiger partial charge in [-0.2, -0.15) is 0 Å². The first kappa shape index (κ1) is 17.7. The van der Waals surface area contributed by atoms with Gasteiger partial charge in [0.15, 0.2) is 0 Å². The predicted octanol–water partition coefficient (Wildman–Crippen LogP) is 3.07. The SMILES string of the molecule is CN(CC(=O)O)C1CCCN(CC2CCC(C)(C)CC2)CC1. The fourth-order valence-corrected chi connectivity index (χ4v) is 4.11. The largest absolute Gasteiger partial charge is 0.480 e. The Labute approximate surface area is 135 Å². The van der Waals surface area contributed by atoms with E-state index in [1.807, 2.05) is 11.9 Å². The summed E-state index contributed by atoms with van der Waals surface area (Å²) in [5.74, 6) is 0.162. The van der Waals surface area contributed by atoms with Crippen molar-refractivity contribution in [2.75, 3.05) is 33.2 Å². The van der Waals surface area contributed by atoms with E-state index in [0.29, 0.717) is 11.5 Å². The number of hydrogen-bond donors (Lipinski definition) is 1. The lowest BCUT2D eigenvalue weighted by Gasteiger charge is -2.36. The number of hydrogen-bond acceptors (Lipinski definition) is 3. The van der Waals surface area contributed by atoms with E-state index >= 15 is 0 Å². The van der Waals surface area contributed by atoms with Gasteiger partial charge < -0.3 is 10.0 Å². The molecule has 0 spiro atoms. The highest BCUT2D eigenvalue weighted by Gasteiger charge is 2.29. The number of rotatable bonds is 5. The van der Waals surface area contributed by atoms with Gasteiger partial charge in [0.2, 0.25) is 0 Å². The first-order chi connectivity index (χ1) is 10.4. The van der Waals surface area contributed by atoms with Gasteiger partial charge in [-0.15, -0.1) is 0 Å². The third kappa shape index (κ3) is 5.54. The van der Waals surface area contributed by atoms with Crippen molar-refractivity contribution in [1.29, 1.82) is 0 Å². The molecule has 2 rings (SSSR count). The van der Waals surface area contributed by atoms with E-state index in [1.165, 1.54) is 45.2 Å². The van der Waals surface area contributed by atoms with E-state index in [-0.39, 0.29) is 6.54 Å².